The van der Waals surface area contributed by atoms with Gasteiger partial charge in [-0.2, -0.15) is 0 Å². The number of ether oxygens (including phenoxy) is 3. The third-order valence-electron chi connectivity index (χ3n) is 4.24. The van der Waals surface area contributed by atoms with Crippen LogP contribution in [0.25, 0.3) is 6.08 Å². The van der Waals surface area contributed by atoms with Crippen LogP contribution in [0.4, 0.5) is 0 Å². The lowest BCUT2D eigenvalue weighted by Crippen LogP contribution is -2.29. The van der Waals surface area contributed by atoms with Crippen molar-refractivity contribution < 1.29 is 23.8 Å². The maximum Gasteiger partial charge on any atom is 0.305 e. The first-order valence-corrected chi connectivity index (χ1v) is 11.8. The number of methoxy groups -OCH3 is 1. The number of hydrogen-bond donors (Lipinski definition) is 0. The van der Waals surface area contributed by atoms with Crippen molar-refractivity contribution in [3.05, 3.63) is 27.1 Å². The molecule has 0 aliphatic carbocycles. The molecule has 6 nitrogen and oxygen atoms in total. The number of thioether (sulfide) groups is 1. The molecule has 2 rings (SSSR count). The minimum atomic E-state index is -0.300. The predicted octanol–water partition coefficient (Wildman–Crippen LogP) is 5.18. The number of carbonyl (C=O) groups is 2. The number of amides is 1. The highest BCUT2D eigenvalue weighted by atomic mass is 79.9. The molecule has 164 valence electrons. The van der Waals surface area contributed by atoms with Gasteiger partial charge in [0.15, 0.2) is 11.5 Å². The van der Waals surface area contributed by atoms with Crippen LogP contribution in [0.3, 0.4) is 0 Å². The van der Waals surface area contributed by atoms with Gasteiger partial charge in [-0.3, -0.25) is 14.5 Å². The van der Waals surface area contributed by atoms with Crippen molar-refractivity contribution in [3.63, 3.8) is 0 Å². The molecule has 1 aliphatic rings. The van der Waals surface area contributed by atoms with Crippen molar-refractivity contribution in [2.45, 2.75) is 39.5 Å². The number of unbranched alkanes of at least 4 members (excludes halogenated alkanes) is 1. The number of nitrogens with zero attached hydrogens (tertiary/aromatic N) is 1. The lowest BCUT2D eigenvalue weighted by Gasteiger charge is -2.15. The topological polar surface area (TPSA) is 65.1 Å². The van der Waals surface area contributed by atoms with Gasteiger partial charge in [-0.05, 0) is 59.5 Å². The lowest BCUT2D eigenvalue weighted by atomic mass is 10.1. The number of carbonyl (C=O) groups excluding carboxylic acids is 2. The Labute approximate surface area is 195 Å². The number of benzene rings is 1. The van der Waals surface area contributed by atoms with Crippen molar-refractivity contribution in [1.29, 1.82) is 0 Å². The molecular weight excluding hydrogens is 490 g/mol. The Kier molecular flexibility index (Phi) is 10.1. The Morgan fingerprint density at radius 3 is 2.70 bits per heavy atom. The van der Waals surface area contributed by atoms with Crippen LogP contribution in [0.2, 0.25) is 0 Å². The molecule has 1 aromatic carbocycles. The maximum absolute atomic E-state index is 12.8. The largest absolute Gasteiger partial charge is 0.490 e. The van der Waals surface area contributed by atoms with E-state index in [0.717, 1.165) is 22.9 Å². The molecule has 30 heavy (non-hydrogen) atoms. The molecule has 0 atom stereocenters. The predicted molar refractivity (Wildman–Crippen MR) is 127 cm³/mol. The average molecular weight is 516 g/mol. The van der Waals surface area contributed by atoms with Crippen molar-refractivity contribution in [3.8, 4) is 11.5 Å². The third kappa shape index (κ3) is 6.72. The second-order valence-electron chi connectivity index (χ2n) is 6.48. The summed E-state index contributed by atoms with van der Waals surface area (Å²) in [6.45, 7) is 5.52. The van der Waals surface area contributed by atoms with E-state index in [1.165, 1.54) is 23.8 Å². The summed E-state index contributed by atoms with van der Waals surface area (Å²) in [5, 5.41) is 0. The smallest absolute Gasteiger partial charge is 0.305 e. The highest BCUT2D eigenvalue weighted by Gasteiger charge is 2.31. The Morgan fingerprint density at radius 1 is 1.27 bits per heavy atom. The normalized spacial score (nSPS) is 15.1. The summed E-state index contributed by atoms with van der Waals surface area (Å²) >= 11 is 10.2. The zero-order valence-electron chi connectivity index (χ0n) is 17.4. The molecule has 1 fully saturated rings. The summed E-state index contributed by atoms with van der Waals surface area (Å²) in [5.41, 5.74) is 0.809. The monoisotopic (exact) mass is 515 g/mol. The van der Waals surface area contributed by atoms with Crippen molar-refractivity contribution >= 4 is 62.2 Å². The van der Waals surface area contributed by atoms with Crippen LogP contribution in [-0.4, -0.2) is 48.0 Å². The molecule has 1 aliphatic heterocycles. The number of rotatable bonds is 11. The molecule has 1 amide bonds. The fourth-order valence-electron chi connectivity index (χ4n) is 2.72. The summed E-state index contributed by atoms with van der Waals surface area (Å²) in [6, 6.07) is 3.76. The van der Waals surface area contributed by atoms with Crippen LogP contribution in [0.5, 0.6) is 11.5 Å². The summed E-state index contributed by atoms with van der Waals surface area (Å²) in [7, 11) is 1.35. The minimum Gasteiger partial charge on any atom is -0.490 e. The highest BCUT2D eigenvalue weighted by Crippen LogP contribution is 2.39. The quantitative estimate of drug-likeness (QED) is 0.174. The van der Waals surface area contributed by atoms with E-state index in [0.29, 0.717) is 46.9 Å². The maximum atomic E-state index is 12.8. The molecular formula is C21H26BrNO5S2. The molecule has 0 bridgehead atoms. The zero-order chi connectivity index (χ0) is 22.1. The van der Waals surface area contributed by atoms with Crippen molar-refractivity contribution in [1.82, 2.24) is 4.90 Å². The van der Waals surface area contributed by atoms with E-state index in [4.69, 9.17) is 21.7 Å². The van der Waals surface area contributed by atoms with E-state index in [2.05, 4.69) is 27.6 Å². The van der Waals surface area contributed by atoms with E-state index in [1.807, 2.05) is 19.1 Å². The number of hydrogen-bond acceptors (Lipinski definition) is 7. The second kappa shape index (κ2) is 12.3. The summed E-state index contributed by atoms with van der Waals surface area (Å²) in [6.07, 6.45) is 4.54. The Balaban J connectivity index is 2.17. The van der Waals surface area contributed by atoms with Gasteiger partial charge in [0.2, 0.25) is 0 Å². The van der Waals surface area contributed by atoms with Crippen LogP contribution < -0.4 is 9.47 Å². The van der Waals surface area contributed by atoms with E-state index >= 15 is 0 Å². The first-order chi connectivity index (χ1) is 14.4. The molecule has 9 heteroatoms. The molecule has 0 unspecified atom stereocenters. The average Bonchev–Trinajstić information content (AvgIpc) is 2.97. The molecule has 1 heterocycles. The van der Waals surface area contributed by atoms with Gasteiger partial charge in [0.1, 0.15) is 4.32 Å². The van der Waals surface area contributed by atoms with Crippen LogP contribution in [0.1, 0.15) is 45.1 Å². The van der Waals surface area contributed by atoms with Gasteiger partial charge in [-0.25, -0.2) is 0 Å². The summed E-state index contributed by atoms with van der Waals surface area (Å²) < 4.78 is 17.5. The zero-order valence-corrected chi connectivity index (χ0v) is 20.6. The number of esters is 1. The van der Waals surface area contributed by atoms with E-state index < -0.39 is 0 Å². The van der Waals surface area contributed by atoms with Gasteiger partial charge >= 0.3 is 5.97 Å². The number of halogens is 1. The second-order valence-corrected chi connectivity index (χ2v) is 9.01. The Bertz CT molecular complexity index is 828. The summed E-state index contributed by atoms with van der Waals surface area (Å²) in [5.74, 6) is 0.832. The molecule has 0 spiro atoms. The van der Waals surface area contributed by atoms with E-state index in [1.54, 1.807) is 6.08 Å². The van der Waals surface area contributed by atoms with Gasteiger partial charge in [0.05, 0.1) is 29.7 Å². The van der Waals surface area contributed by atoms with E-state index in [9.17, 15) is 9.59 Å². The van der Waals surface area contributed by atoms with Crippen LogP contribution in [0, 0.1) is 0 Å². The van der Waals surface area contributed by atoms with Crippen molar-refractivity contribution in [2.24, 2.45) is 0 Å². The van der Waals surface area contributed by atoms with Gasteiger partial charge < -0.3 is 14.2 Å². The Morgan fingerprint density at radius 2 is 2.03 bits per heavy atom. The van der Waals surface area contributed by atoms with Gasteiger partial charge in [0, 0.05) is 13.0 Å². The molecule has 1 aromatic rings. The molecule has 0 radical (unpaired) electrons. The highest BCUT2D eigenvalue weighted by molar-refractivity contribution is 9.10. The number of thiocarbonyl (C=S) groups is 1. The molecule has 0 N–H and O–H groups in total. The van der Waals surface area contributed by atoms with Crippen LogP contribution >= 0.6 is 39.9 Å². The van der Waals surface area contributed by atoms with Crippen molar-refractivity contribution in [2.75, 3.05) is 26.9 Å². The third-order valence-corrected chi connectivity index (χ3v) is 6.20. The summed E-state index contributed by atoms with van der Waals surface area (Å²) in [4.78, 5) is 26.1. The fraction of sp³-hybridized carbons (Fsp3) is 0.476. The Hall–Kier alpha value is -1.58. The first kappa shape index (κ1) is 24.7. The van der Waals surface area contributed by atoms with E-state index in [-0.39, 0.29) is 18.3 Å². The SMILES string of the molecule is CCCCOc1c(Br)cc(/C=C2\SC(=S)N(CCCC(=O)OC)C2=O)cc1OCC. The minimum absolute atomic E-state index is 0.160. The standard InChI is InChI=1S/C21H26BrNO5S2/c1-4-6-10-28-19-15(22)11-14(12-16(19)27-5-2)13-17-20(25)23(21(29)30-17)9-7-8-18(24)26-3/h11-13H,4-10H2,1-3H3/b17-13-. The molecule has 0 saturated carbocycles. The van der Waals surface area contributed by atoms with Crippen LogP contribution in [0.15, 0.2) is 21.5 Å². The van der Waals surface area contributed by atoms with Gasteiger partial charge in [-0.1, -0.05) is 37.3 Å². The van der Waals surface area contributed by atoms with Gasteiger partial charge in [-0.15, -0.1) is 0 Å². The van der Waals surface area contributed by atoms with Gasteiger partial charge in [0.25, 0.3) is 5.91 Å². The van der Waals surface area contributed by atoms with Crippen LogP contribution in [-0.2, 0) is 14.3 Å². The molecule has 0 aromatic heterocycles. The molecule has 1 saturated heterocycles. The lowest BCUT2D eigenvalue weighted by molar-refractivity contribution is -0.141. The fourth-order valence-corrected chi connectivity index (χ4v) is 4.60. The first-order valence-electron chi connectivity index (χ1n) is 9.82.